The number of nitrogens with zero attached hydrogens (tertiary/aromatic N) is 3. The number of nitro groups is 1. The highest BCUT2D eigenvalue weighted by Gasteiger charge is 2.23. The van der Waals surface area contributed by atoms with Gasteiger partial charge in [-0.15, -0.1) is 0 Å². The van der Waals surface area contributed by atoms with Gasteiger partial charge in [0.1, 0.15) is 5.75 Å². The largest absolute Gasteiger partial charge is 0.433 e. The smallest absolute Gasteiger partial charge is 0.427 e. The second kappa shape index (κ2) is 5.62. The Kier molecular flexibility index (Phi) is 4.08. The van der Waals surface area contributed by atoms with Crippen molar-refractivity contribution < 1.29 is 9.66 Å². The minimum absolute atomic E-state index is 0.124. The summed E-state index contributed by atoms with van der Waals surface area (Å²) in [6.45, 7) is 4.07. The Hall–Kier alpha value is -1.89. The highest BCUT2D eigenvalue weighted by molar-refractivity contribution is 9.10. The molecule has 0 radical (unpaired) electrons. The summed E-state index contributed by atoms with van der Waals surface area (Å²) in [6, 6.07) is 5.57. The molecular formula is C13H14BrN3O3. The highest BCUT2D eigenvalue weighted by atomic mass is 79.9. The van der Waals surface area contributed by atoms with Crippen molar-refractivity contribution in [1.82, 2.24) is 9.55 Å². The lowest BCUT2D eigenvalue weighted by molar-refractivity contribution is -0.390. The van der Waals surface area contributed by atoms with Crippen molar-refractivity contribution in [3.63, 3.8) is 0 Å². The van der Waals surface area contributed by atoms with Crippen LogP contribution in [-0.4, -0.2) is 14.5 Å². The molecule has 1 aromatic heterocycles. The van der Waals surface area contributed by atoms with Crippen LogP contribution in [0, 0.1) is 10.1 Å². The molecule has 0 saturated heterocycles. The Morgan fingerprint density at radius 1 is 1.45 bits per heavy atom. The monoisotopic (exact) mass is 339 g/mol. The van der Waals surface area contributed by atoms with Crippen molar-refractivity contribution >= 4 is 21.7 Å². The number of hydrogen-bond acceptors (Lipinski definition) is 4. The fourth-order valence-corrected chi connectivity index (χ4v) is 2.20. The van der Waals surface area contributed by atoms with Gasteiger partial charge in [0.2, 0.25) is 6.33 Å². The fraction of sp³-hybridized carbons (Fsp3) is 0.308. The second-order valence-electron chi connectivity index (χ2n) is 4.68. The fourth-order valence-electron chi connectivity index (χ4n) is 1.82. The predicted molar refractivity (Wildman–Crippen MR) is 78.2 cm³/mol. The molecular weight excluding hydrogens is 326 g/mol. The van der Waals surface area contributed by atoms with Crippen LogP contribution >= 0.6 is 15.9 Å². The first kappa shape index (κ1) is 14.5. The van der Waals surface area contributed by atoms with Gasteiger partial charge < -0.3 is 14.9 Å². The Morgan fingerprint density at radius 3 is 2.75 bits per heavy atom. The van der Waals surface area contributed by atoms with E-state index in [1.54, 1.807) is 13.1 Å². The van der Waals surface area contributed by atoms with Crippen molar-refractivity contribution in [3.8, 4) is 11.6 Å². The normalized spacial score (nSPS) is 10.8. The molecule has 0 bridgehead atoms. The lowest BCUT2D eigenvalue weighted by Crippen LogP contribution is -1.99. The van der Waals surface area contributed by atoms with Crippen LogP contribution in [0.4, 0.5) is 5.82 Å². The zero-order valence-corrected chi connectivity index (χ0v) is 12.9. The molecule has 0 N–H and O–H groups in total. The van der Waals surface area contributed by atoms with E-state index in [-0.39, 0.29) is 17.6 Å². The molecule has 0 aliphatic heterocycles. The van der Waals surface area contributed by atoms with Gasteiger partial charge in [-0.25, -0.2) is 0 Å². The second-order valence-corrected chi connectivity index (χ2v) is 5.60. The SMILES string of the molecule is CC(C)c1cc(Br)ccc1Oc1c([N+](=O)[O-])ncn1C. The molecule has 0 spiro atoms. The van der Waals surface area contributed by atoms with Crippen LogP contribution in [0.15, 0.2) is 29.0 Å². The molecule has 2 rings (SSSR count). The average Bonchev–Trinajstić information content (AvgIpc) is 2.73. The van der Waals surface area contributed by atoms with Gasteiger partial charge in [-0.1, -0.05) is 29.8 Å². The highest BCUT2D eigenvalue weighted by Crippen LogP contribution is 2.35. The molecule has 0 fully saturated rings. The van der Waals surface area contributed by atoms with E-state index in [0.717, 1.165) is 10.0 Å². The molecule has 0 saturated carbocycles. The number of hydrogen-bond donors (Lipinski definition) is 0. The third kappa shape index (κ3) is 2.82. The third-order valence-corrected chi connectivity index (χ3v) is 3.33. The molecule has 0 unspecified atom stereocenters. The van der Waals surface area contributed by atoms with Crippen molar-refractivity contribution in [2.24, 2.45) is 7.05 Å². The average molecular weight is 340 g/mol. The maximum Gasteiger partial charge on any atom is 0.427 e. The Balaban J connectivity index is 2.45. The molecule has 0 aliphatic carbocycles. The van der Waals surface area contributed by atoms with Crippen LogP contribution in [0.1, 0.15) is 25.3 Å². The molecule has 2 aromatic rings. The Bertz CT molecular complexity index is 652. The van der Waals surface area contributed by atoms with E-state index in [1.807, 2.05) is 26.0 Å². The molecule has 1 aromatic carbocycles. The van der Waals surface area contributed by atoms with Crippen molar-refractivity contribution in [3.05, 3.63) is 44.7 Å². The Morgan fingerprint density at radius 2 is 2.15 bits per heavy atom. The van der Waals surface area contributed by atoms with Gasteiger partial charge in [0.05, 0.1) is 0 Å². The van der Waals surface area contributed by atoms with Gasteiger partial charge in [-0.2, -0.15) is 0 Å². The molecule has 0 aliphatic rings. The number of benzene rings is 1. The number of ether oxygens (including phenoxy) is 1. The molecule has 1 heterocycles. The van der Waals surface area contributed by atoms with Crippen molar-refractivity contribution in [2.75, 3.05) is 0 Å². The molecule has 0 atom stereocenters. The molecule has 6 nitrogen and oxygen atoms in total. The summed E-state index contributed by atoms with van der Waals surface area (Å²) in [5, 5.41) is 10.9. The van der Waals surface area contributed by atoms with E-state index < -0.39 is 4.92 Å². The summed E-state index contributed by atoms with van der Waals surface area (Å²) in [4.78, 5) is 14.1. The van der Waals surface area contributed by atoms with E-state index in [1.165, 1.54) is 10.9 Å². The first-order valence-electron chi connectivity index (χ1n) is 6.03. The van der Waals surface area contributed by atoms with Gasteiger partial charge in [0.15, 0.2) is 0 Å². The maximum absolute atomic E-state index is 10.9. The molecule has 7 heteroatoms. The van der Waals surface area contributed by atoms with Crippen LogP contribution in [-0.2, 0) is 7.05 Å². The van der Waals surface area contributed by atoms with Crippen LogP contribution in [0.3, 0.4) is 0 Å². The van der Waals surface area contributed by atoms with Crippen molar-refractivity contribution in [2.45, 2.75) is 19.8 Å². The first-order valence-corrected chi connectivity index (χ1v) is 6.82. The van der Waals surface area contributed by atoms with E-state index in [2.05, 4.69) is 20.9 Å². The van der Waals surface area contributed by atoms with Gasteiger partial charge in [0.25, 0.3) is 0 Å². The minimum atomic E-state index is -0.552. The van der Waals surface area contributed by atoms with E-state index >= 15 is 0 Å². The Labute approximate surface area is 124 Å². The number of imidazole rings is 1. The van der Waals surface area contributed by atoms with Gasteiger partial charge in [0, 0.05) is 11.5 Å². The summed E-state index contributed by atoms with van der Waals surface area (Å²) in [6.07, 6.45) is 1.36. The lowest BCUT2D eigenvalue weighted by Gasteiger charge is -2.13. The summed E-state index contributed by atoms with van der Waals surface area (Å²) < 4.78 is 8.16. The zero-order chi connectivity index (χ0) is 14.9. The van der Waals surface area contributed by atoms with Crippen LogP contribution in [0.5, 0.6) is 11.6 Å². The number of halogens is 1. The van der Waals surface area contributed by atoms with Crippen LogP contribution in [0.25, 0.3) is 0 Å². The van der Waals surface area contributed by atoms with Crippen LogP contribution < -0.4 is 4.74 Å². The zero-order valence-electron chi connectivity index (χ0n) is 11.3. The standard InChI is InChI=1S/C13H14BrN3O3/c1-8(2)10-6-9(14)4-5-11(10)20-13-12(17(18)19)15-7-16(13)3/h4-8H,1-3H3. The molecule has 106 valence electrons. The summed E-state index contributed by atoms with van der Waals surface area (Å²) >= 11 is 3.41. The van der Waals surface area contributed by atoms with Gasteiger partial charge in [-0.05, 0) is 39.6 Å². The van der Waals surface area contributed by atoms with E-state index in [0.29, 0.717) is 5.75 Å². The summed E-state index contributed by atoms with van der Waals surface area (Å²) in [5.41, 5.74) is 0.967. The van der Waals surface area contributed by atoms with Crippen molar-refractivity contribution in [1.29, 1.82) is 0 Å². The minimum Gasteiger partial charge on any atom is -0.433 e. The number of aryl methyl sites for hydroxylation is 1. The maximum atomic E-state index is 10.9. The quantitative estimate of drug-likeness (QED) is 0.623. The van der Waals surface area contributed by atoms with E-state index in [9.17, 15) is 10.1 Å². The van der Waals surface area contributed by atoms with Gasteiger partial charge in [-0.3, -0.25) is 4.57 Å². The topological polar surface area (TPSA) is 70.2 Å². The molecule has 20 heavy (non-hydrogen) atoms. The third-order valence-electron chi connectivity index (χ3n) is 2.84. The van der Waals surface area contributed by atoms with Gasteiger partial charge >= 0.3 is 11.7 Å². The predicted octanol–water partition coefficient (Wildman–Crippen LogP) is 4.01. The van der Waals surface area contributed by atoms with E-state index in [4.69, 9.17) is 4.74 Å². The number of rotatable bonds is 4. The summed E-state index contributed by atoms with van der Waals surface area (Å²) in [5.74, 6) is 0.661. The van der Waals surface area contributed by atoms with Crippen LogP contribution in [0.2, 0.25) is 0 Å². The summed E-state index contributed by atoms with van der Waals surface area (Å²) in [7, 11) is 1.66. The first-order chi connectivity index (χ1) is 9.40. The molecule has 0 amide bonds. The lowest BCUT2D eigenvalue weighted by atomic mass is 10.0. The number of aromatic nitrogens is 2.